The number of carbonyl (C=O) groups excluding carboxylic acids is 2. The van der Waals surface area contributed by atoms with Gasteiger partial charge in [0.25, 0.3) is 5.91 Å². The van der Waals surface area contributed by atoms with Gasteiger partial charge in [-0.2, -0.15) is 4.99 Å². The van der Waals surface area contributed by atoms with E-state index < -0.39 is 21.9 Å². The molecule has 2 heterocycles. The molecule has 0 bridgehead atoms. The Hall–Kier alpha value is -2.08. The molecule has 0 radical (unpaired) electrons. The molecular weight excluding hydrogens is 430 g/mol. The molecule has 9 nitrogen and oxygen atoms in total. The molecule has 1 aliphatic rings. The van der Waals surface area contributed by atoms with Gasteiger partial charge in [-0.15, -0.1) is 0 Å². The summed E-state index contributed by atoms with van der Waals surface area (Å²) in [6.07, 6.45) is 2.38. The van der Waals surface area contributed by atoms with Crippen LogP contribution in [0, 0.1) is 5.92 Å². The summed E-state index contributed by atoms with van der Waals surface area (Å²) in [4.78, 5) is 29.5. The summed E-state index contributed by atoms with van der Waals surface area (Å²) in [7, 11) is -0.431. The molecule has 1 unspecified atom stereocenters. The average molecular weight is 456 g/mol. The molecule has 2 aromatic rings. The lowest BCUT2D eigenvalue weighted by Crippen LogP contribution is -2.41. The number of nitrogens with zero attached hydrogens (tertiary/aromatic N) is 3. The van der Waals surface area contributed by atoms with Gasteiger partial charge in [0.1, 0.15) is 0 Å². The van der Waals surface area contributed by atoms with Gasteiger partial charge in [0.2, 0.25) is 10.0 Å². The molecule has 1 saturated heterocycles. The first kappa shape index (κ1) is 22.6. The number of aromatic nitrogens is 1. The molecule has 0 saturated carbocycles. The predicted molar refractivity (Wildman–Crippen MR) is 113 cm³/mol. The first-order valence-electron chi connectivity index (χ1n) is 9.49. The minimum Gasteiger partial charge on any atom is -0.465 e. The normalized spacial score (nSPS) is 18.6. The van der Waals surface area contributed by atoms with Crippen LogP contribution in [0.5, 0.6) is 0 Å². The molecule has 164 valence electrons. The van der Waals surface area contributed by atoms with Crippen molar-refractivity contribution in [3.8, 4) is 0 Å². The maximum Gasteiger partial charge on any atom is 0.337 e. The summed E-state index contributed by atoms with van der Waals surface area (Å²) in [5.74, 6) is -1.25. The summed E-state index contributed by atoms with van der Waals surface area (Å²) in [5, 5.41) is 0. The number of amides is 1. The molecular formula is C19H25N3O6S2. The Labute approximate surface area is 179 Å². The van der Waals surface area contributed by atoms with Gasteiger partial charge in [0.05, 0.1) is 41.7 Å². The third-order valence-corrected chi connectivity index (χ3v) is 7.34. The van der Waals surface area contributed by atoms with Crippen molar-refractivity contribution in [1.82, 2.24) is 8.87 Å². The molecule has 3 rings (SSSR count). The van der Waals surface area contributed by atoms with E-state index in [-0.39, 0.29) is 12.5 Å². The number of hydrogen-bond acceptors (Lipinski definition) is 7. The number of ether oxygens (including phenoxy) is 2. The van der Waals surface area contributed by atoms with E-state index in [1.165, 1.54) is 22.8 Å². The van der Waals surface area contributed by atoms with Crippen molar-refractivity contribution in [1.29, 1.82) is 0 Å². The Morgan fingerprint density at radius 1 is 1.30 bits per heavy atom. The zero-order valence-corrected chi connectivity index (χ0v) is 18.8. The highest BCUT2D eigenvalue weighted by Crippen LogP contribution is 2.22. The second kappa shape index (κ2) is 9.38. The quantitative estimate of drug-likeness (QED) is 0.607. The SMILES string of the molecule is COCCn1c(=NC(=O)C2CCCN(S(C)(=O)=O)C2)sc2cc(C(=O)OC)ccc21. The van der Waals surface area contributed by atoms with E-state index >= 15 is 0 Å². The Morgan fingerprint density at radius 2 is 2.07 bits per heavy atom. The third kappa shape index (κ3) is 4.97. The fourth-order valence-corrected chi connectivity index (χ4v) is 5.45. The van der Waals surface area contributed by atoms with Crippen LogP contribution in [-0.4, -0.2) is 69.3 Å². The number of thiazole rings is 1. The van der Waals surface area contributed by atoms with Crippen molar-refractivity contribution >= 4 is 43.5 Å². The zero-order chi connectivity index (χ0) is 21.9. The molecule has 1 aromatic heterocycles. The highest BCUT2D eigenvalue weighted by molar-refractivity contribution is 7.88. The first-order valence-corrected chi connectivity index (χ1v) is 12.2. The van der Waals surface area contributed by atoms with Gasteiger partial charge in [0.15, 0.2) is 4.80 Å². The molecule has 1 amide bonds. The van der Waals surface area contributed by atoms with Crippen molar-refractivity contribution in [2.75, 3.05) is 40.2 Å². The Balaban J connectivity index is 1.99. The highest BCUT2D eigenvalue weighted by Gasteiger charge is 2.30. The van der Waals surface area contributed by atoms with Gasteiger partial charge in [0, 0.05) is 26.7 Å². The second-order valence-electron chi connectivity index (χ2n) is 7.11. The van der Waals surface area contributed by atoms with Crippen LogP contribution in [0.2, 0.25) is 0 Å². The number of benzene rings is 1. The van der Waals surface area contributed by atoms with Gasteiger partial charge >= 0.3 is 5.97 Å². The van der Waals surface area contributed by atoms with Crippen LogP contribution in [0.25, 0.3) is 10.2 Å². The van der Waals surface area contributed by atoms with Crippen LogP contribution >= 0.6 is 11.3 Å². The maximum atomic E-state index is 12.9. The predicted octanol–water partition coefficient (Wildman–Crippen LogP) is 1.23. The number of carbonyl (C=O) groups is 2. The summed E-state index contributed by atoms with van der Waals surface area (Å²) in [6.45, 7) is 1.49. The molecule has 0 spiro atoms. The van der Waals surface area contributed by atoms with Crippen molar-refractivity contribution < 1.29 is 27.5 Å². The summed E-state index contributed by atoms with van der Waals surface area (Å²) in [5.41, 5.74) is 1.25. The average Bonchev–Trinajstić information content (AvgIpc) is 3.07. The van der Waals surface area contributed by atoms with Crippen molar-refractivity contribution in [2.45, 2.75) is 19.4 Å². The standard InChI is InChI=1S/C19H25N3O6S2/c1-27-10-9-22-15-7-6-13(18(24)28-2)11-16(15)29-19(22)20-17(23)14-5-4-8-21(12-14)30(3,25)26/h6-7,11,14H,4-5,8-10,12H2,1-3H3. The summed E-state index contributed by atoms with van der Waals surface area (Å²) < 4.78 is 37.6. The lowest BCUT2D eigenvalue weighted by Gasteiger charge is -2.28. The zero-order valence-electron chi connectivity index (χ0n) is 17.2. The number of esters is 1. The number of methoxy groups -OCH3 is 2. The van der Waals surface area contributed by atoms with Crippen molar-refractivity contribution in [3.05, 3.63) is 28.6 Å². The van der Waals surface area contributed by atoms with E-state index in [0.717, 1.165) is 16.5 Å². The summed E-state index contributed by atoms with van der Waals surface area (Å²) >= 11 is 1.30. The number of piperidine rings is 1. The molecule has 11 heteroatoms. The van der Waals surface area contributed by atoms with E-state index in [1.807, 2.05) is 4.57 Å². The highest BCUT2D eigenvalue weighted by atomic mass is 32.2. The molecule has 1 aromatic carbocycles. The minimum absolute atomic E-state index is 0.149. The molecule has 1 aliphatic heterocycles. The largest absolute Gasteiger partial charge is 0.465 e. The number of rotatable bonds is 6. The van der Waals surface area contributed by atoms with E-state index in [9.17, 15) is 18.0 Å². The second-order valence-corrected chi connectivity index (χ2v) is 10.1. The van der Waals surface area contributed by atoms with Crippen LogP contribution < -0.4 is 4.80 Å². The Morgan fingerprint density at radius 3 is 2.73 bits per heavy atom. The molecule has 0 aliphatic carbocycles. The van der Waals surface area contributed by atoms with Crippen molar-refractivity contribution in [2.24, 2.45) is 10.9 Å². The molecule has 30 heavy (non-hydrogen) atoms. The number of sulfonamides is 1. The maximum absolute atomic E-state index is 12.9. The van der Waals surface area contributed by atoms with Crippen LogP contribution in [0.3, 0.4) is 0 Å². The number of hydrogen-bond donors (Lipinski definition) is 0. The van der Waals surface area contributed by atoms with Crippen LogP contribution in [0.4, 0.5) is 0 Å². The fraction of sp³-hybridized carbons (Fsp3) is 0.526. The smallest absolute Gasteiger partial charge is 0.337 e. The fourth-order valence-electron chi connectivity index (χ4n) is 3.43. The van der Waals surface area contributed by atoms with E-state index in [0.29, 0.717) is 42.9 Å². The summed E-state index contributed by atoms with van der Waals surface area (Å²) in [6, 6.07) is 5.18. The van der Waals surface area contributed by atoms with E-state index in [1.54, 1.807) is 25.3 Å². The van der Waals surface area contributed by atoms with E-state index in [2.05, 4.69) is 4.99 Å². The van der Waals surface area contributed by atoms with Crippen LogP contribution in [0.1, 0.15) is 23.2 Å². The van der Waals surface area contributed by atoms with Crippen LogP contribution in [0.15, 0.2) is 23.2 Å². The monoisotopic (exact) mass is 455 g/mol. The van der Waals surface area contributed by atoms with Crippen molar-refractivity contribution in [3.63, 3.8) is 0 Å². The van der Waals surface area contributed by atoms with Gasteiger partial charge in [-0.1, -0.05) is 11.3 Å². The first-order chi connectivity index (χ1) is 14.2. The van der Waals surface area contributed by atoms with Gasteiger partial charge in [-0.3, -0.25) is 4.79 Å². The van der Waals surface area contributed by atoms with Gasteiger partial charge in [-0.25, -0.2) is 17.5 Å². The van der Waals surface area contributed by atoms with Crippen LogP contribution in [-0.2, 0) is 30.8 Å². The minimum atomic E-state index is -3.34. The van der Waals surface area contributed by atoms with Gasteiger partial charge < -0.3 is 14.0 Å². The molecule has 1 fully saturated rings. The Bertz CT molecular complexity index is 1120. The Kier molecular flexibility index (Phi) is 7.06. The topological polar surface area (TPSA) is 107 Å². The third-order valence-electron chi connectivity index (χ3n) is 5.03. The molecule has 0 N–H and O–H groups in total. The lowest BCUT2D eigenvalue weighted by molar-refractivity contribution is -0.122. The number of fused-ring (bicyclic) bond motifs is 1. The lowest BCUT2D eigenvalue weighted by atomic mass is 9.99. The molecule has 1 atom stereocenters. The van der Waals surface area contributed by atoms with Gasteiger partial charge in [-0.05, 0) is 31.0 Å². The van der Waals surface area contributed by atoms with E-state index in [4.69, 9.17) is 9.47 Å².